The Morgan fingerprint density at radius 3 is 2.61 bits per heavy atom. The van der Waals surface area contributed by atoms with Gasteiger partial charge in [-0.2, -0.15) is 0 Å². The molecule has 1 fully saturated rings. The Morgan fingerprint density at radius 2 is 1.94 bits per heavy atom. The number of nitrogens with one attached hydrogen (secondary N) is 1. The minimum Gasteiger partial charge on any atom is -0.478 e. The average Bonchev–Trinajstić information content (AvgIpc) is 2.80. The van der Waals surface area contributed by atoms with Gasteiger partial charge in [0.05, 0.1) is 29.6 Å². The van der Waals surface area contributed by atoms with Crippen LogP contribution in [-0.2, 0) is 13.1 Å². The van der Waals surface area contributed by atoms with Crippen LogP contribution in [0, 0.1) is 12.3 Å². The summed E-state index contributed by atoms with van der Waals surface area (Å²) in [4.78, 5) is 35.7. The van der Waals surface area contributed by atoms with Crippen LogP contribution in [0.2, 0.25) is 5.02 Å². The van der Waals surface area contributed by atoms with Crippen molar-refractivity contribution in [2.24, 2.45) is 0 Å². The van der Waals surface area contributed by atoms with Crippen molar-refractivity contribution in [2.45, 2.75) is 32.4 Å². The Balaban J connectivity index is 1.61. The topological polar surface area (TPSA) is 89.5 Å². The van der Waals surface area contributed by atoms with E-state index < -0.39 is 5.97 Å². The largest absolute Gasteiger partial charge is 0.478 e. The third-order valence-electron chi connectivity index (χ3n) is 5.87. The Labute approximate surface area is 197 Å². The molecule has 170 valence electrons. The van der Waals surface area contributed by atoms with Crippen molar-refractivity contribution < 1.29 is 9.90 Å². The lowest BCUT2D eigenvalue weighted by molar-refractivity contribution is 0.0697. The molecule has 0 amide bonds. The normalized spacial score (nSPS) is 14.2. The lowest BCUT2D eigenvalue weighted by atomic mass is 10.1. The third kappa shape index (κ3) is 5.36. The second-order valence-corrected chi connectivity index (χ2v) is 8.63. The van der Waals surface area contributed by atoms with Crippen LogP contribution in [0.15, 0.2) is 41.2 Å². The number of hydrogen-bond donors (Lipinski definition) is 2. The molecule has 7 nitrogen and oxygen atoms in total. The van der Waals surface area contributed by atoms with Gasteiger partial charge in [0.2, 0.25) is 0 Å². The predicted octanol–water partition coefficient (Wildman–Crippen LogP) is 3.90. The molecule has 2 N–H and O–H groups in total. The molecule has 0 atom stereocenters. The fourth-order valence-electron chi connectivity index (χ4n) is 4.15. The summed E-state index contributed by atoms with van der Waals surface area (Å²) < 4.78 is 0. The number of aromatic carboxylic acids is 1. The summed E-state index contributed by atoms with van der Waals surface area (Å²) in [5.41, 5.74) is 2.06. The smallest absolute Gasteiger partial charge is 0.335 e. The number of piperidine rings is 1. The second kappa shape index (κ2) is 10.1. The molecule has 1 aromatic heterocycles. The summed E-state index contributed by atoms with van der Waals surface area (Å²) >= 11 is 6.58. The molecule has 8 heteroatoms. The van der Waals surface area contributed by atoms with E-state index in [0.717, 1.165) is 24.3 Å². The molecule has 4 rings (SSSR count). The number of aromatic nitrogens is 2. The van der Waals surface area contributed by atoms with Gasteiger partial charge < -0.3 is 15.0 Å². The number of fused-ring (bicyclic) bond motifs is 1. The molecule has 2 aromatic carbocycles. The fraction of sp³-hybridized carbons (Fsp3) is 0.320. The summed E-state index contributed by atoms with van der Waals surface area (Å²) in [7, 11) is 0. The van der Waals surface area contributed by atoms with Gasteiger partial charge in [-0.15, -0.1) is 6.42 Å². The molecule has 0 bridgehead atoms. The highest BCUT2D eigenvalue weighted by atomic mass is 35.5. The Kier molecular flexibility index (Phi) is 6.97. The molecule has 0 saturated carbocycles. The first-order chi connectivity index (χ1) is 15.9. The number of aromatic amines is 1. The molecular formula is C25H25ClN4O3. The van der Waals surface area contributed by atoms with Crippen molar-refractivity contribution in [3.63, 3.8) is 0 Å². The van der Waals surface area contributed by atoms with Crippen molar-refractivity contribution in [3.05, 3.63) is 68.7 Å². The Bertz CT molecular complexity index is 1260. The summed E-state index contributed by atoms with van der Waals surface area (Å²) in [6.45, 7) is 3.30. The summed E-state index contributed by atoms with van der Waals surface area (Å²) in [5.74, 6) is 2.27. The van der Waals surface area contributed by atoms with Gasteiger partial charge in [-0.25, -0.2) is 9.78 Å². The first kappa shape index (κ1) is 22.8. The lowest BCUT2D eigenvalue weighted by Gasteiger charge is -2.25. The maximum Gasteiger partial charge on any atom is 0.335 e. The molecule has 3 aromatic rings. The quantitative estimate of drug-likeness (QED) is 0.515. The van der Waals surface area contributed by atoms with Crippen LogP contribution < -0.4 is 10.5 Å². The number of terminal acetylenes is 1. The number of hydrogen-bond acceptors (Lipinski definition) is 5. The highest BCUT2D eigenvalue weighted by Crippen LogP contribution is 2.25. The minimum atomic E-state index is -0.992. The van der Waals surface area contributed by atoms with E-state index in [9.17, 15) is 9.59 Å². The number of rotatable bonds is 7. The first-order valence-corrected chi connectivity index (χ1v) is 11.3. The van der Waals surface area contributed by atoms with E-state index in [1.807, 2.05) is 4.90 Å². The van der Waals surface area contributed by atoms with Gasteiger partial charge in [-0.3, -0.25) is 9.69 Å². The van der Waals surface area contributed by atoms with Crippen LogP contribution in [0.3, 0.4) is 0 Å². The van der Waals surface area contributed by atoms with Crippen molar-refractivity contribution in [1.29, 1.82) is 0 Å². The number of carboxylic acid groups (broad SMARTS) is 1. The molecule has 1 saturated heterocycles. The second-order valence-electron chi connectivity index (χ2n) is 8.22. The number of halogens is 1. The number of anilines is 1. The monoisotopic (exact) mass is 464 g/mol. The van der Waals surface area contributed by atoms with Crippen LogP contribution in [0.25, 0.3) is 10.9 Å². The molecule has 1 aliphatic rings. The molecule has 2 heterocycles. The third-order valence-corrected chi connectivity index (χ3v) is 6.22. The van der Waals surface area contributed by atoms with Gasteiger partial charge in [0.15, 0.2) is 0 Å². The van der Waals surface area contributed by atoms with Crippen molar-refractivity contribution in [2.75, 3.05) is 24.5 Å². The van der Waals surface area contributed by atoms with Crippen molar-refractivity contribution >= 4 is 34.2 Å². The van der Waals surface area contributed by atoms with Gasteiger partial charge >= 0.3 is 5.97 Å². The van der Waals surface area contributed by atoms with Gasteiger partial charge in [0, 0.05) is 17.3 Å². The highest BCUT2D eigenvalue weighted by molar-refractivity contribution is 6.32. The SMILES string of the molecule is C#CCN(Cc1cc2c(=O)[nH]c(CN3CCCCC3)nc2cc1Cl)c1ccc(C(=O)O)cc1. The number of nitrogens with zero attached hydrogens (tertiary/aromatic N) is 3. The lowest BCUT2D eigenvalue weighted by Crippen LogP contribution is -2.30. The van der Waals surface area contributed by atoms with Crippen LogP contribution in [0.1, 0.15) is 41.0 Å². The predicted molar refractivity (Wildman–Crippen MR) is 130 cm³/mol. The maximum atomic E-state index is 12.8. The zero-order chi connectivity index (χ0) is 23.4. The van der Waals surface area contributed by atoms with E-state index in [1.165, 1.54) is 31.4 Å². The zero-order valence-corrected chi connectivity index (χ0v) is 18.9. The summed E-state index contributed by atoms with van der Waals surface area (Å²) in [6, 6.07) is 9.95. The highest BCUT2D eigenvalue weighted by Gasteiger charge is 2.16. The molecule has 1 aliphatic heterocycles. The number of carbonyl (C=O) groups is 1. The zero-order valence-electron chi connectivity index (χ0n) is 18.2. The van der Waals surface area contributed by atoms with Crippen LogP contribution in [0.5, 0.6) is 0 Å². The number of H-pyrrole nitrogens is 1. The summed E-state index contributed by atoms with van der Waals surface area (Å²) in [6.07, 6.45) is 9.14. The first-order valence-electron chi connectivity index (χ1n) is 10.9. The van der Waals surface area contributed by atoms with Crippen LogP contribution in [-0.4, -0.2) is 45.6 Å². The van der Waals surface area contributed by atoms with E-state index in [2.05, 4.69) is 20.8 Å². The van der Waals surface area contributed by atoms with Crippen LogP contribution in [0.4, 0.5) is 5.69 Å². The molecule has 0 radical (unpaired) electrons. The van der Waals surface area contributed by atoms with Gasteiger partial charge in [-0.1, -0.05) is 23.9 Å². The fourth-order valence-corrected chi connectivity index (χ4v) is 4.37. The van der Waals surface area contributed by atoms with E-state index in [0.29, 0.717) is 41.4 Å². The van der Waals surface area contributed by atoms with E-state index >= 15 is 0 Å². The maximum absolute atomic E-state index is 12.8. The summed E-state index contributed by atoms with van der Waals surface area (Å²) in [5, 5.41) is 10.1. The Morgan fingerprint density at radius 1 is 1.21 bits per heavy atom. The molecule has 0 spiro atoms. The average molecular weight is 465 g/mol. The molecule has 0 aliphatic carbocycles. The van der Waals surface area contributed by atoms with Crippen molar-refractivity contribution in [1.82, 2.24) is 14.9 Å². The van der Waals surface area contributed by atoms with Gasteiger partial charge in [0.25, 0.3) is 5.56 Å². The van der Waals surface area contributed by atoms with Crippen molar-refractivity contribution in [3.8, 4) is 12.3 Å². The number of benzene rings is 2. The standard InChI is InChI=1S/C25H25ClN4O3/c1-2-10-30(19-8-6-17(7-9-19)25(32)33)15-18-13-20-22(14-21(18)26)27-23(28-24(20)31)16-29-11-4-3-5-12-29/h1,6-9,13-14H,3-5,10-12,15-16H2,(H,32,33)(H,27,28,31). The molecular weight excluding hydrogens is 440 g/mol. The number of carboxylic acids is 1. The number of likely N-dealkylation sites (tertiary alicyclic amines) is 1. The van der Waals surface area contributed by atoms with E-state index in [4.69, 9.17) is 23.1 Å². The van der Waals surface area contributed by atoms with Crippen LogP contribution >= 0.6 is 11.6 Å². The minimum absolute atomic E-state index is 0.195. The van der Waals surface area contributed by atoms with Gasteiger partial charge in [0.1, 0.15) is 5.82 Å². The molecule has 33 heavy (non-hydrogen) atoms. The van der Waals surface area contributed by atoms with E-state index in [-0.39, 0.29) is 11.1 Å². The Hall–Kier alpha value is -3.34. The van der Waals surface area contributed by atoms with Gasteiger partial charge in [-0.05, 0) is 67.9 Å². The molecule has 0 unspecified atom stereocenters. The van der Waals surface area contributed by atoms with E-state index in [1.54, 1.807) is 24.3 Å².